The van der Waals surface area contributed by atoms with Crippen molar-refractivity contribution in [2.45, 2.75) is 88.9 Å². The van der Waals surface area contributed by atoms with Crippen LogP contribution in [0.25, 0.3) is 0 Å². The van der Waals surface area contributed by atoms with Crippen LogP contribution in [0.15, 0.2) is 18.2 Å². The third kappa shape index (κ3) is 5.23. The summed E-state index contributed by atoms with van der Waals surface area (Å²) in [5, 5.41) is 5.87. The van der Waals surface area contributed by atoms with Crippen LogP contribution in [0.2, 0.25) is 0 Å². The van der Waals surface area contributed by atoms with Crippen molar-refractivity contribution in [1.29, 1.82) is 0 Å². The van der Waals surface area contributed by atoms with Crippen molar-refractivity contribution in [2.75, 3.05) is 24.5 Å². The second-order valence-electron chi connectivity index (χ2n) is 10.8. The van der Waals surface area contributed by atoms with E-state index in [0.29, 0.717) is 24.6 Å². The van der Waals surface area contributed by atoms with Crippen molar-refractivity contribution < 1.29 is 14.4 Å². The highest BCUT2D eigenvalue weighted by molar-refractivity contribution is 6.06. The molecule has 3 fully saturated rings. The van der Waals surface area contributed by atoms with Gasteiger partial charge in [0.2, 0.25) is 11.8 Å². The molecule has 0 radical (unpaired) electrons. The Morgan fingerprint density at radius 1 is 1.00 bits per heavy atom. The summed E-state index contributed by atoms with van der Waals surface area (Å²) in [7, 11) is 0. The van der Waals surface area contributed by atoms with Gasteiger partial charge in [-0.3, -0.25) is 19.7 Å². The molecule has 0 aromatic heterocycles. The van der Waals surface area contributed by atoms with E-state index in [9.17, 15) is 14.4 Å². The molecule has 8 nitrogen and oxygen atoms in total. The van der Waals surface area contributed by atoms with Gasteiger partial charge in [0.15, 0.2) is 0 Å². The van der Waals surface area contributed by atoms with Crippen LogP contribution in [-0.2, 0) is 16.1 Å². The van der Waals surface area contributed by atoms with Gasteiger partial charge in [0, 0.05) is 48.4 Å². The average molecular weight is 482 g/mol. The van der Waals surface area contributed by atoms with E-state index < -0.39 is 6.04 Å². The molecule has 1 atom stereocenters. The predicted molar refractivity (Wildman–Crippen MR) is 135 cm³/mol. The number of hydrogen-bond acceptors (Lipinski definition) is 6. The lowest BCUT2D eigenvalue weighted by Gasteiger charge is -2.39. The molecule has 4 aliphatic rings. The number of fused-ring (bicyclic) bond motifs is 1. The highest BCUT2D eigenvalue weighted by Gasteiger charge is 2.40. The zero-order chi connectivity index (χ0) is 24.4. The van der Waals surface area contributed by atoms with Crippen molar-refractivity contribution in [3.63, 3.8) is 0 Å². The molecule has 1 unspecified atom stereocenters. The van der Waals surface area contributed by atoms with Crippen molar-refractivity contribution >= 4 is 23.4 Å². The fourth-order valence-corrected chi connectivity index (χ4v) is 6.47. The highest BCUT2D eigenvalue weighted by Crippen LogP contribution is 2.37. The maximum Gasteiger partial charge on any atom is 0.255 e. The van der Waals surface area contributed by atoms with Crippen LogP contribution < -0.4 is 21.3 Å². The Kier molecular flexibility index (Phi) is 7.39. The number of amides is 3. The largest absolute Gasteiger partial charge is 0.368 e. The lowest BCUT2D eigenvalue weighted by atomic mass is 9.89. The maximum absolute atomic E-state index is 13.4. The zero-order valence-electron chi connectivity index (χ0n) is 20.6. The zero-order valence-corrected chi connectivity index (χ0v) is 20.6. The molecule has 190 valence electrons. The number of nitrogens with zero attached hydrogens (tertiary/aromatic N) is 2. The third-order valence-electron chi connectivity index (χ3n) is 8.52. The first-order chi connectivity index (χ1) is 17.0. The molecule has 1 saturated carbocycles. The molecule has 4 N–H and O–H groups in total. The summed E-state index contributed by atoms with van der Waals surface area (Å²) >= 11 is 0. The number of rotatable bonds is 7. The van der Waals surface area contributed by atoms with Gasteiger partial charge in [0.05, 0.1) is 0 Å². The minimum atomic E-state index is -0.582. The summed E-state index contributed by atoms with van der Waals surface area (Å²) in [4.78, 5) is 41.7. The van der Waals surface area contributed by atoms with Gasteiger partial charge in [-0.25, -0.2) is 0 Å². The van der Waals surface area contributed by atoms with E-state index in [1.54, 1.807) is 4.90 Å². The van der Waals surface area contributed by atoms with Crippen molar-refractivity contribution in [3.05, 3.63) is 29.3 Å². The lowest BCUT2D eigenvalue weighted by molar-refractivity contribution is -0.136. The van der Waals surface area contributed by atoms with E-state index in [4.69, 9.17) is 5.73 Å². The lowest BCUT2D eigenvalue weighted by Crippen LogP contribution is -2.52. The maximum atomic E-state index is 13.4. The van der Waals surface area contributed by atoms with Gasteiger partial charge in [0.25, 0.3) is 5.91 Å². The number of imide groups is 1. The molecule has 35 heavy (non-hydrogen) atoms. The number of nitrogens with two attached hydrogens (primary N) is 1. The van der Waals surface area contributed by atoms with Gasteiger partial charge in [-0.1, -0.05) is 6.07 Å². The van der Waals surface area contributed by atoms with Crippen molar-refractivity contribution in [1.82, 2.24) is 15.5 Å². The first kappa shape index (κ1) is 24.3. The molecule has 0 spiro atoms. The van der Waals surface area contributed by atoms with E-state index in [2.05, 4.69) is 21.6 Å². The number of nitrogens with one attached hydrogen (secondary N) is 2. The number of piperidine rings is 2. The molecule has 3 amide bonds. The first-order valence-electron chi connectivity index (χ1n) is 13.5. The standard InChI is InChI=1S/C27H39N5O3/c28-19-6-8-20(9-7-19)31(16-2-3-18-12-14-29-15-13-18)23-5-1-4-21-22(23)17-32(27(21)35)24-10-11-25(33)30-26(24)34/h1,4-5,18-20,24,29H,2-3,6-17,28H2,(H,30,33,34). The molecule has 1 aromatic carbocycles. The van der Waals surface area contributed by atoms with Crippen LogP contribution in [0.4, 0.5) is 5.69 Å². The monoisotopic (exact) mass is 481 g/mol. The quantitative estimate of drug-likeness (QED) is 0.516. The third-order valence-corrected chi connectivity index (χ3v) is 8.52. The highest BCUT2D eigenvalue weighted by atomic mass is 16.2. The van der Waals surface area contributed by atoms with E-state index in [1.807, 2.05) is 12.1 Å². The van der Waals surface area contributed by atoms with Gasteiger partial charge in [-0.05, 0) is 88.9 Å². The number of benzene rings is 1. The smallest absolute Gasteiger partial charge is 0.255 e. The normalized spacial score (nSPS) is 27.6. The van der Waals surface area contributed by atoms with Gasteiger partial charge in [-0.2, -0.15) is 0 Å². The Labute approximate surface area is 208 Å². The van der Waals surface area contributed by atoms with Crippen LogP contribution in [0, 0.1) is 5.92 Å². The molecule has 1 aromatic rings. The number of carbonyl (C=O) groups is 3. The van der Waals surface area contributed by atoms with Gasteiger partial charge in [-0.15, -0.1) is 0 Å². The number of hydrogen-bond donors (Lipinski definition) is 3. The van der Waals surface area contributed by atoms with Crippen molar-refractivity contribution in [3.8, 4) is 0 Å². The Bertz CT molecular complexity index is 952. The van der Waals surface area contributed by atoms with Crippen LogP contribution in [0.3, 0.4) is 0 Å². The SMILES string of the molecule is NC1CCC(N(CCCC2CCNCC2)c2cccc3c2CN(C2CCC(=O)NC2=O)C3=O)CC1. The predicted octanol–water partition coefficient (Wildman–Crippen LogP) is 2.30. The molecule has 2 saturated heterocycles. The molecule has 3 aliphatic heterocycles. The Hall–Kier alpha value is -2.45. The molecule has 5 rings (SSSR count). The summed E-state index contributed by atoms with van der Waals surface area (Å²) in [5.41, 5.74) is 9.09. The Morgan fingerprint density at radius 3 is 2.51 bits per heavy atom. The summed E-state index contributed by atoms with van der Waals surface area (Å²) in [6.45, 7) is 3.65. The minimum absolute atomic E-state index is 0.100. The van der Waals surface area contributed by atoms with Crippen LogP contribution in [0.1, 0.15) is 80.1 Å². The number of anilines is 1. The summed E-state index contributed by atoms with van der Waals surface area (Å²) in [6, 6.07) is 6.15. The van der Waals surface area contributed by atoms with E-state index in [1.165, 1.54) is 19.3 Å². The fraction of sp³-hybridized carbons (Fsp3) is 0.667. The van der Waals surface area contributed by atoms with E-state index in [0.717, 1.165) is 68.9 Å². The van der Waals surface area contributed by atoms with Crippen molar-refractivity contribution in [2.24, 2.45) is 11.7 Å². The Balaban J connectivity index is 1.36. The molecule has 0 bridgehead atoms. The topological polar surface area (TPSA) is 108 Å². The average Bonchev–Trinajstić information content (AvgIpc) is 3.20. The molecule has 1 aliphatic carbocycles. The van der Waals surface area contributed by atoms with E-state index in [-0.39, 0.29) is 30.2 Å². The van der Waals surface area contributed by atoms with Crippen LogP contribution >= 0.6 is 0 Å². The fourth-order valence-electron chi connectivity index (χ4n) is 6.47. The molecular weight excluding hydrogens is 442 g/mol. The van der Waals surface area contributed by atoms with Gasteiger partial charge >= 0.3 is 0 Å². The summed E-state index contributed by atoms with van der Waals surface area (Å²) < 4.78 is 0. The van der Waals surface area contributed by atoms with E-state index >= 15 is 0 Å². The first-order valence-corrected chi connectivity index (χ1v) is 13.5. The second-order valence-corrected chi connectivity index (χ2v) is 10.8. The molecular formula is C27H39N5O3. The summed E-state index contributed by atoms with van der Waals surface area (Å²) in [5.74, 6) is 0.0798. The molecule has 8 heteroatoms. The van der Waals surface area contributed by atoms with Gasteiger partial charge in [0.1, 0.15) is 6.04 Å². The Morgan fingerprint density at radius 2 is 1.77 bits per heavy atom. The minimum Gasteiger partial charge on any atom is -0.368 e. The van der Waals surface area contributed by atoms with Crippen LogP contribution in [-0.4, -0.2) is 60.4 Å². The second kappa shape index (κ2) is 10.7. The molecule has 3 heterocycles. The van der Waals surface area contributed by atoms with Gasteiger partial charge < -0.3 is 20.9 Å². The number of carbonyl (C=O) groups excluding carboxylic acids is 3. The summed E-state index contributed by atoms with van der Waals surface area (Å²) in [6.07, 6.45) is 9.77. The van der Waals surface area contributed by atoms with Crippen LogP contribution in [0.5, 0.6) is 0 Å².